The molecule has 1 aromatic rings. The second-order valence-electron chi connectivity index (χ2n) is 5.57. The van der Waals surface area contributed by atoms with E-state index in [1.54, 1.807) is 6.07 Å². The maximum atomic E-state index is 13.2. The predicted octanol–water partition coefficient (Wildman–Crippen LogP) is 1.96. The number of carbonyl (C=O) groups is 3. The minimum absolute atomic E-state index is 0.0303. The number of rotatable bonds is 2. The van der Waals surface area contributed by atoms with E-state index in [-0.39, 0.29) is 6.54 Å². The van der Waals surface area contributed by atoms with Gasteiger partial charge in [0.25, 0.3) is 0 Å². The normalized spacial score (nSPS) is 21.0. The molecule has 0 radical (unpaired) electrons. The Morgan fingerprint density at radius 3 is 2.57 bits per heavy atom. The number of halogens is 1. The van der Waals surface area contributed by atoms with E-state index in [0.29, 0.717) is 18.4 Å². The summed E-state index contributed by atoms with van der Waals surface area (Å²) in [5, 5.41) is 2.26. The summed E-state index contributed by atoms with van der Waals surface area (Å²) in [6, 6.07) is 5.00. The van der Waals surface area contributed by atoms with Crippen molar-refractivity contribution in [3.63, 3.8) is 0 Å². The van der Waals surface area contributed by atoms with Crippen LogP contribution in [0.2, 0.25) is 0 Å². The molecule has 1 heterocycles. The molecule has 0 unspecified atom stereocenters. The summed E-state index contributed by atoms with van der Waals surface area (Å²) in [5.41, 5.74) is -0.595. The van der Waals surface area contributed by atoms with Crippen molar-refractivity contribution in [2.45, 2.75) is 32.2 Å². The van der Waals surface area contributed by atoms with Crippen LogP contribution in [0.4, 0.5) is 9.18 Å². The highest BCUT2D eigenvalue weighted by Crippen LogP contribution is 2.42. The van der Waals surface area contributed by atoms with E-state index >= 15 is 0 Å². The van der Waals surface area contributed by atoms with E-state index in [2.05, 4.69) is 5.32 Å². The summed E-state index contributed by atoms with van der Waals surface area (Å²) in [6.07, 6.45) is 2.51. The Balaban J connectivity index is 1.89. The van der Waals surface area contributed by atoms with Gasteiger partial charge in [-0.15, -0.1) is 0 Å². The average molecular weight is 290 g/mol. The van der Waals surface area contributed by atoms with Crippen molar-refractivity contribution in [2.24, 2.45) is 5.41 Å². The SMILES string of the molecule is O=C1NC(=O)C2(CCCC2)C(=O)N1Cc1cccc(F)c1. The molecule has 1 aliphatic carbocycles. The lowest BCUT2D eigenvalue weighted by Gasteiger charge is -2.36. The lowest BCUT2D eigenvalue weighted by atomic mass is 9.82. The number of hydrogen-bond acceptors (Lipinski definition) is 3. The number of urea groups is 1. The van der Waals surface area contributed by atoms with Crippen LogP contribution in [0.25, 0.3) is 0 Å². The van der Waals surface area contributed by atoms with Gasteiger partial charge in [-0.1, -0.05) is 25.0 Å². The van der Waals surface area contributed by atoms with E-state index in [4.69, 9.17) is 0 Å². The molecular formula is C15H15FN2O3. The maximum absolute atomic E-state index is 13.2. The van der Waals surface area contributed by atoms with Crippen LogP contribution in [0, 0.1) is 11.2 Å². The van der Waals surface area contributed by atoms with E-state index in [1.807, 2.05) is 0 Å². The molecule has 1 aliphatic heterocycles. The van der Waals surface area contributed by atoms with E-state index < -0.39 is 29.1 Å². The van der Waals surface area contributed by atoms with Gasteiger partial charge in [0, 0.05) is 0 Å². The van der Waals surface area contributed by atoms with Crippen LogP contribution >= 0.6 is 0 Å². The zero-order chi connectivity index (χ0) is 15.0. The van der Waals surface area contributed by atoms with Crippen LogP contribution in [-0.4, -0.2) is 22.7 Å². The van der Waals surface area contributed by atoms with E-state index in [1.165, 1.54) is 18.2 Å². The van der Waals surface area contributed by atoms with Crippen LogP contribution < -0.4 is 5.32 Å². The maximum Gasteiger partial charge on any atom is 0.331 e. The molecule has 1 spiro atoms. The largest absolute Gasteiger partial charge is 0.331 e. The van der Waals surface area contributed by atoms with Crippen molar-refractivity contribution in [3.05, 3.63) is 35.6 Å². The zero-order valence-electron chi connectivity index (χ0n) is 11.4. The molecule has 3 rings (SSSR count). The highest BCUT2D eigenvalue weighted by atomic mass is 19.1. The van der Waals surface area contributed by atoms with Crippen LogP contribution in [0.15, 0.2) is 24.3 Å². The van der Waals surface area contributed by atoms with Gasteiger partial charge in [-0.25, -0.2) is 9.18 Å². The van der Waals surface area contributed by atoms with Crippen LogP contribution in [0.5, 0.6) is 0 Å². The molecule has 1 saturated heterocycles. The standard InChI is InChI=1S/C15H15FN2O3/c16-11-5-3-4-10(8-11)9-18-13(20)15(6-1-2-7-15)12(19)17-14(18)21/h3-5,8H,1-2,6-7,9H2,(H,17,19,21). The molecule has 2 fully saturated rings. The minimum Gasteiger partial charge on any atom is -0.277 e. The molecule has 5 nitrogen and oxygen atoms in total. The van der Waals surface area contributed by atoms with Crippen LogP contribution in [0.1, 0.15) is 31.2 Å². The topological polar surface area (TPSA) is 66.5 Å². The van der Waals surface area contributed by atoms with Gasteiger partial charge < -0.3 is 0 Å². The number of imide groups is 2. The molecular weight excluding hydrogens is 275 g/mol. The third kappa shape index (κ3) is 2.20. The van der Waals surface area contributed by atoms with E-state index in [9.17, 15) is 18.8 Å². The second-order valence-corrected chi connectivity index (χ2v) is 5.57. The summed E-state index contributed by atoms with van der Waals surface area (Å²) < 4.78 is 13.2. The Labute approximate surface area is 121 Å². The van der Waals surface area contributed by atoms with Crippen LogP contribution in [0.3, 0.4) is 0 Å². The molecule has 1 aromatic carbocycles. The molecule has 0 aromatic heterocycles. The molecule has 0 bridgehead atoms. The fourth-order valence-corrected chi connectivity index (χ4v) is 3.11. The molecule has 2 aliphatic rings. The Hall–Kier alpha value is -2.24. The van der Waals surface area contributed by atoms with Crippen molar-refractivity contribution in [1.82, 2.24) is 10.2 Å². The lowest BCUT2D eigenvalue weighted by molar-refractivity contribution is -0.151. The highest BCUT2D eigenvalue weighted by Gasteiger charge is 2.54. The number of benzene rings is 1. The van der Waals surface area contributed by atoms with Gasteiger partial charge in [-0.05, 0) is 30.5 Å². The van der Waals surface area contributed by atoms with Crippen molar-refractivity contribution in [3.8, 4) is 0 Å². The summed E-state index contributed by atoms with van der Waals surface area (Å²) >= 11 is 0. The number of amides is 4. The molecule has 110 valence electrons. The summed E-state index contributed by atoms with van der Waals surface area (Å²) in [4.78, 5) is 37.6. The zero-order valence-corrected chi connectivity index (χ0v) is 11.4. The van der Waals surface area contributed by atoms with Crippen molar-refractivity contribution in [2.75, 3.05) is 0 Å². The molecule has 1 N–H and O–H groups in total. The van der Waals surface area contributed by atoms with Gasteiger partial charge in [0.05, 0.1) is 6.54 Å². The van der Waals surface area contributed by atoms with Gasteiger partial charge in [0.1, 0.15) is 11.2 Å². The first-order chi connectivity index (χ1) is 10.0. The summed E-state index contributed by atoms with van der Waals surface area (Å²) in [6.45, 7) is -0.0303. The number of carbonyl (C=O) groups excluding carboxylic acids is 3. The van der Waals surface area contributed by atoms with Gasteiger partial charge in [0.15, 0.2) is 0 Å². The number of barbiturate groups is 1. The van der Waals surface area contributed by atoms with Gasteiger partial charge >= 0.3 is 6.03 Å². The minimum atomic E-state index is -1.11. The van der Waals surface area contributed by atoms with Crippen LogP contribution in [-0.2, 0) is 16.1 Å². The smallest absolute Gasteiger partial charge is 0.277 e. The molecule has 21 heavy (non-hydrogen) atoms. The monoisotopic (exact) mass is 290 g/mol. The quantitative estimate of drug-likeness (QED) is 0.847. The van der Waals surface area contributed by atoms with Gasteiger partial charge in [-0.2, -0.15) is 0 Å². The highest BCUT2D eigenvalue weighted by molar-refractivity contribution is 6.19. The van der Waals surface area contributed by atoms with Crippen molar-refractivity contribution >= 4 is 17.8 Å². The van der Waals surface area contributed by atoms with Crippen molar-refractivity contribution < 1.29 is 18.8 Å². The van der Waals surface area contributed by atoms with Gasteiger partial charge in [-0.3, -0.25) is 19.8 Å². The second kappa shape index (κ2) is 4.95. The summed E-state index contributed by atoms with van der Waals surface area (Å²) in [5.74, 6) is -1.38. The van der Waals surface area contributed by atoms with Gasteiger partial charge in [0.2, 0.25) is 11.8 Å². The first kappa shape index (κ1) is 13.7. The number of nitrogens with one attached hydrogen (secondary N) is 1. The fraction of sp³-hybridized carbons (Fsp3) is 0.400. The first-order valence-corrected chi connectivity index (χ1v) is 6.95. The van der Waals surface area contributed by atoms with E-state index in [0.717, 1.165) is 17.7 Å². The number of hydrogen-bond donors (Lipinski definition) is 1. The Morgan fingerprint density at radius 2 is 1.90 bits per heavy atom. The third-order valence-electron chi connectivity index (χ3n) is 4.24. The average Bonchev–Trinajstić information content (AvgIpc) is 2.93. The molecule has 6 heteroatoms. The number of nitrogens with zero attached hydrogens (tertiary/aromatic N) is 1. The summed E-state index contributed by atoms with van der Waals surface area (Å²) in [7, 11) is 0. The third-order valence-corrected chi connectivity index (χ3v) is 4.24. The molecule has 1 saturated carbocycles. The lowest BCUT2D eigenvalue weighted by Crippen LogP contribution is -2.62. The molecule has 0 atom stereocenters. The van der Waals surface area contributed by atoms with Crippen molar-refractivity contribution in [1.29, 1.82) is 0 Å². The predicted molar refractivity (Wildman–Crippen MR) is 71.4 cm³/mol. The molecule has 4 amide bonds. The first-order valence-electron chi connectivity index (χ1n) is 6.95. The Bertz CT molecular complexity index is 623. The fourth-order valence-electron chi connectivity index (χ4n) is 3.11. The Kier molecular flexibility index (Phi) is 3.23. The Morgan fingerprint density at radius 1 is 1.19 bits per heavy atom.